The number of hydrogen-bond acceptors (Lipinski definition) is 2. The van der Waals surface area contributed by atoms with Crippen molar-refractivity contribution in [3.8, 4) is 0 Å². The van der Waals surface area contributed by atoms with Crippen LogP contribution in [0.4, 0.5) is 17.1 Å². The van der Waals surface area contributed by atoms with Gasteiger partial charge in [0.15, 0.2) is 0 Å². The molecule has 5 heteroatoms. The minimum atomic E-state index is 0.498. The average Bonchev–Trinajstić information content (AvgIpc) is 2.26. The van der Waals surface area contributed by atoms with Crippen LogP contribution in [-0.4, -0.2) is 0 Å². The smallest absolute Gasteiger partial charge is 0.0764 e. The Morgan fingerprint density at radius 2 is 1.53 bits per heavy atom. The van der Waals surface area contributed by atoms with Gasteiger partial charge in [0.05, 0.1) is 15.7 Å². The maximum absolute atomic E-state index is 6.08. The van der Waals surface area contributed by atoms with Crippen LogP contribution in [0, 0.1) is 0 Å². The third kappa shape index (κ3) is 3.06. The summed E-state index contributed by atoms with van der Waals surface area (Å²) in [6, 6.07) is 11.0. The number of benzene rings is 2. The summed E-state index contributed by atoms with van der Waals surface area (Å²) in [4.78, 5) is 0. The molecule has 0 fully saturated rings. The van der Waals surface area contributed by atoms with Crippen molar-refractivity contribution in [2.45, 2.75) is 0 Å². The number of nitrogens with two attached hydrogens (primary N) is 1. The fourth-order valence-corrected chi connectivity index (χ4v) is 2.25. The topological polar surface area (TPSA) is 38.0 Å². The number of halogens is 3. The maximum atomic E-state index is 6.08. The van der Waals surface area contributed by atoms with Gasteiger partial charge in [-0.1, -0.05) is 39.1 Å². The molecule has 2 aromatic carbocycles. The highest BCUT2D eigenvalue weighted by molar-refractivity contribution is 9.10. The van der Waals surface area contributed by atoms with Crippen molar-refractivity contribution >= 4 is 56.2 Å². The van der Waals surface area contributed by atoms with E-state index in [0.29, 0.717) is 21.4 Å². The number of nitrogens with one attached hydrogen (secondary N) is 1. The molecule has 0 heterocycles. The number of anilines is 3. The van der Waals surface area contributed by atoms with Gasteiger partial charge in [-0.25, -0.2) is 0 Å². The maximum Gasteiger partial charge on any atom is 0.0764 e. The van der Waals surface area contributed by atoms with Crippen LogP contribution in [0.3, 0.4) is 0 Å². The van der Waals surface area contributed by atoms with Crippen LogP contribution in [0.25, 0.3) is 0 Å². The highest BCUT2D eigenvalue weighted by Gasteiger charge is 2.07. The van der Waals surface area contributed by atoms with Crippen molar-refractivity contribution in [2.24, 2.45) is 0 Å². The Morgan fingerprint density at radius 1 is 1.00 bits per heavy atom. The van der Waals surface area contributed by atoms with Crippen LogP contribution >= 0.6 is 39.1 Å². The fourth-order valence-electron chi connectivity index (χ4n) is 1.39. The summed E-state index contributed by atoms with van der Waals surface area (Å²) in [5.41, 5.74) is 7.74. The van der Waals surface area contributed by atoms with E-state index in [4.69, 9.17) is 28.9 Å². The Labute approximate surface area is 118 Å². The summed E-state index contributed by atoms with van der Waals surface area (Å²) in [6.45, 7) is 0. The minimum Gasteiger partial charge on any atom is -0.399 e. The van der Waals surface area contributed by atoms with Crippen LogP contribution in [0.15, 0.2) is 40.9 Å². The lowest BCUT2D eigenvalue weighted by atomic mass is 10.2. The normalized spacial score (nSPS) is 10.3. The third-order valence-corrected chi connectivity index (χ3v) is 3.30. The van der Waals surface area contributed by atoms with E-state index in [-0.39, 0.29) is 0 Å². The fraction of sp³-hybridized carbons (Fsp3) is 0. The molecule has 2 rings (SSSR count). The molecule has 0 radical (unpaired) electrons. The van der Waals surface area contributed by atoms with Crippen LogP contribution in [0.2, 0.25) is 10.0 Å². The minimum absolute atomic E-state index is 0.498. The zero-order valence-corrected chi connectivity index (χ0v) is 11.8. The molecule has 2 aromatic rings. The molecule has 0 unspecified atom stereocenters. The number of nitrogen functional groups attached to an aromatic ring is 1. The van der Waals surface area contributed by atoms with Crippen molar-refractivity contribution < 1.29 is 0 Å². The molecule has 3 N–H and O–H groups in total. The van der Waals surface area contributed by atoms with Gasteiger partial charge in [0, 0.05) is 15.8 Å². The second kappa shape index (κ2) is 5.17. The van der Waals surface area contributed by atoms with E-state index < -0.39 is 0 Å². The molecular formula is C12H9BrCl2N2. The lowest BCUT2D eigenvalue weighted by Gasteiger charge is -2.11. The van der Waals surface area contributed by atoms with Gasteiger partial charge < -0.3 is 11.1 Å². The van der Waals surface area contributed by atoms with E-state index in [2.05, 4.69) is 21.2 Å². The SMILES string of the molecule is Nc1cc(Cl)c(Nc2ccc(Br)cc2)c(Cl)c1. The number of hydrogen-bond donors (Lipinski definition) is 2. The van der Waals surface area contributed by atoms with Gasteiger partial charge in [0.25, 0.3) is 0 Å². The van der Waals surface area contributed by atoms with Gasteiger partial charge in [-0.15, -0.1) is 0 Å². The summed E-state index contributed by atoms with van der Waals surface area (Å²) < 4.78 is 1.01. The largest absolute Gasteiger partial charge is 0.399 e. The molecule has 0 saturated heterocycles. The molecule has 88 valence electrons. The summed E-state index contributed by atoms with van der Waals surface area (Å²) in [5.74, 6) is 0. The van der Waals surface area contributed by atoms with Crippen molar-refractivity contribution in [1.82, 2.24) is 0 Å². The third-order valence-electron chi connectivity index (χ3n) is 2.18. The van der Waals surface area contributed by atoms with Crippen LogP contribution in [0.5, 0.6) is 0 Å². The lowest BCUT2D eigenvalue weighted by Crippen LogP contribution is -1.94. The van der Waals surface area contributed by atoms with Gasteiger partial charge >= 0.3 is 0 Å². The highest BCUT2D eigenvalue weighted by Crippen LogP contribution is 2.35. The Hall–Kier alpha value is -0.900. The van der Waals surface area contributed by atoms with Crippen molar-refractivity contribution in [1.29, 1.82) is 0 Å². The first kappa shape index (κ1) is 12.6. The summed E-state index contributed by atoms with van der Waals surface area (Å²) in [7, 11) is 0. The second-order valence-corrected chi connectivity index (χ2v) is 5.22. The Kier molecular flexibility index (Phi) is 3.82. The lowest BCUT2D eigenvalue weighted by molar-refractivity contribution is 1.53. The van der Waals surface area contributed by atoms with Gasteiger partial charge in [0.1, 0.15) is 0 Å². The molecule has 0 aliphatic carbocycles. The number of rotatable bonds is 2. The summed E-state index contributed by atoms with van der Waals surface area (Å²) in [5, 5.41) is 4.15. The van der Waals surface area contributed by atoms with Gasteiger partial charge in [-0.05, 0) is 36.4 Å². The van der Waals surface area contributed by atoms with E-state index in [0.717, 1.165) is 10.2 Å². The Bertz CT molecular complexity index is 518. The van der Waals surface area contributed by atoms with Crippen LogP contribution < -0.4 is 11.1 Å². The van der Waals surface area contributed by atoms with Gasteiger partial charge in [0.2, 0.25) is 0 Å². The molecule has 0 aliphatic rings. The first-order chi connectivity index (χ1) is 8.06. The van der Waals surface area contributed by atoms with E-state index in [9.17, 15) is 0 Å². The Morgan fingerprint density at radius 3 is 2.06 bits per heavy atom. The summed E-state index contributed by atoms with van der Waals surface area (Å²) in [6.07, 6.45) is 0. The molecule has 0 aliphatic heterocycles. The molecule has 2 nitrogen and oxygen atoms in total. The molecule has 17 heavy (non-hydrogen) atoms. The molecule has 0 amide bonds. The van der Waals surface area contributed by atoms with E-state index >= 15 is 0 Å². The second-order valence-electron chi connectivity index (χ2n) is 3.49. The quantitative estimate of drug-likeness (QED) is 0.753. The molecule has 0 aromatic heterocycles. The summed E-state index contributed by atoms with van der Waals surface area (Å²) >= 11 is 15.5. The molecule has 0 bridgehead atoms. The molecule has 0 saturated carbocycles. The van der Waals surface area contributed by atoms with Gasteiger partial charge in [-0.3, -0.25) is 0 Å². The molecule has 0 spiro atoms. The standard InChI is InChI=1S/C12H9BrCl2N2/c13-7-1-3-9(4-2-7)17-12-10(14)5-8(16)6-11(12)15/h1-6,17H,16H2. The first-order valence-electron chi connectivity index (χ1n) is 4.83. The molecule has 0 atom stereocenters. The monoisotopic (exact) mass is 330 g/mol. The highest BCUT2D eigenvalue weighted by atomic mass is 79.9. The first-order valence-corrected chi connectivity index (χ1v) is 6.38. The van der Waals surface area contributed by atoms with Crippen LogP contribution in [0.1, 0.15) is 0 Å². The van der Waals surface area contributed by atoms with E-state index in [1.165, 1.54) is 0 Å². The van der Waals surface area contributed by atoms with Crippen LogP contribution in [-0.2, 0) is 0 Å². The van der Waals surface area contributed by atoms with E-state index in [1.54, 1.807) is 12.1 Å². The Balaban J connectivity index is 2.33. The van der Waals surface area contributed by atoms with E-state index in [1.807, 2.05) is 24.3 Å². The van der Waals surface area contributed by atoms with Crippen molar-refractivity contribution in [3.63, 3.8) is 0 Å². The molecular weight excluding hydrogens is 323 g/mol. The zero-order chi connectivity index (χ0) is 12.4. The predicted octanol–water partition coefficient (Wildman–Crippen LogP) is 5.08. The van der Waals surface area contributed by atoms with Gasteiger partial charge in [-0.2, -0.15) is 0 Å². The average molecular weight is 332 g/mol. The van der Waals surface area contributed by atoms with Crippen molar-refractivity contribution in [3.05, 3.63) is 50.9 Å². The predicted molar refractivity (Wildman–Crippen MR) is 78.3 cm³/mol. The van der Waals surface area contributed by atoms with Crippen molar-refractivity contribution in [2.75, 3.05) is 11.1 Å². The zero-order valence-electron chi connectivity index (χ0n) is 8.68.